The van der Waals surface area contributed by atoms with E-state index in [9.17, 15) is 28.9 Å². The van der Waals surface area contributed by atoms with E-state index in [0.717, 1.165) is 141 Å². The molecule has 0 saturated heterocycles. The molecule has 0 fully saturated rings. The lowest BCUT2D eigenvalue weighted by Gasteiger charge is -2.21. The van der Waals surface area contributed by atoms with Crippen LogP contribution in [0, 0.1) is 0 Å². The van der Waals surface area contributed by atoms with Crippen molar-refractivity contribution in [2.24, 2.45) is 0 Å². The number of ether oxygens (including phenoxy) is 3. The highest BCUT2D eigenvalue weighted by Crippen LogP contribution is 2.43. The maximum Gasteiger partial charge on any atom is 0.472 e. The van der Waals surface area contributed by atoms with Gasteiger partial charge < -0.3 is 24.2 Å². The lowest BCUT2D eigenvalue weighted by molar-refractivity contribution is -0.161. The Morgan fingerprint density at radius 3 is 1.10 bits per heavy atom. The van der Waals surface area contributed by atoms with Crippen LogP contribution in [0.1, 0.15) is 226 Å². The number of rotatable bonds is 55. The van der Waals surface area contributed by atoms with Crippen LogP contribution in [-0.4, -0.2) is 66.5 Å². The Morgan fingerprint density at radius 1 is 0.375 bits per heavy atom. The van der Waals surface area contributed by atoms with Crippen LogP contribution in [0.3, 0.4) is 0 Å². The smallest absolute Gasteiger partial charge is 0.462 e. The van der Waals surface area contributed by atoms with Crippen LogP contribution in [0.15, 0.2) is 146 Å². The minimum atomic E-state index is -4.79. The summed E-state index contributed by atoms with van der Waals surface area (Å²) in [5.74, 6) is -1.65. The zero-order valence-electron chi connectivity index (χ0n) is 50.0. The molecule has 0 saturated carbocycles. The molecule has 0 spiro atoms. The molecule has 0 aliphatic carbocycles. The fraction of sp³-hybridized carbons (Fsp3) is 0.603. The highest BCUT2D eigenvalue weighted by molar-refractivity contribution is 7.47. The molecule has 0 aromatic carbocycles. The molecule has 0 amide bonds. The second-order valence-corrected chi connectivity index (χ2v) is 21.2. The van der Waals surface area contributed by atoms with E-state index in [1.54, 1.807) is 6.08 Å². The first-order chi connectivity index (χ1) is 39.2. The van der Waals surface area contributed by atoms with Crippen molar-refractivity contribution >= 4 is 25.7 Å². The van der Waals surface area contributed by atoms with E-state index in [4.69, 9.17) is 23.3 Å². The molecule has 0 aliphatic heterocycles. The summed E-state index contributed by atoms with van der Waals surface area (Å²) in [6.45, 7) is 4.24. The molecule has 0 radical (unpaired) electrons. The molecule has 80 heavy (non-hydrogen) atoms. The van der Waals surface area contributed by atoms with Crippen molar-refractivity contribution in [2.75, 3.05) is 26.4 Å². The second kappa shape index (κ2) is 60.5. The number of carbonyl (C=O) groups excluding carboxylic acids is 3. The van der Waals surface area contributed by atoms with Crippen LogP contribution < -0.4 is 0 Å². The first-order valence-corrected chi connectivity index (χ1v) is 32.2. The van der Waals surface area contributed by atoms with Gasteiger partial charge in [-0.3, -0.25) is 23.4 Å². The number of phosphoric acid groups is 1. The monoisotopic (exact) mass is 1130 g/mol. The van der Waals surface area contributed by atoms with Crippen molar-refractivity contribution in [1.29, 1.82) is 0 Å². The number of carbonyl (C=O) groups is 3. The Kier molecular flexibility index (Phi) is 56.9. The van der Waals surface area contributed by atoms with Crippen molar-refractivity contribution in [3.8, 4) is 0 Å². The van der Waals surface area contributed by atoms with E-state index >= 15 is 0 Å². The van der Waals surface area contributed by atoms with Gasteiger partial charge in [0, 0.05) is 12.8 Å². The van der Waals surface area contributed by atoms with Gasteiger partial charge in [-0.2, -0.15) is 0 Å². The van der Waals surface area contributed by atoms with Crippen molar-refractivity contribution in [2.45, 2.75) is 238 Å². The van der Waals surface area contributed by atoms with Gasteiger partial charge in [-0.25, -0.2) is 4.57 Å². The first-order valence-electron chi connectivity index (χ1n) is 30.7. The number of hydrogen-bond acceptors (Lipinski definition) is 10. The highest BCUT2D eigenvalue weighted by atomic mass is 31.2. The summed E-state index contributed by atoms with van der Waals surface area (Å²) in [5, 5.41) is 9.81. The number of aliphatic hydroxyl groups excluding tert-OH is 1. The zero-order chi connectivity index (χ0) is 58.3. The molecule has 0 heterocycles. The van der Waals surface area contributed by atoms with Crippen molar-refractivity contribution in [3.63, 3.8) is 0 Å². The van der Waals surface area contributed by atoms with Crippen LogP contribution in [0.2, 0.25) is 0 Å². The lowest BCUT2D eigenvalue weighted by Crippen LogP contribution is -2.30. The molecule has 0 aromatic rings. The molecule has 11 nitrogen and oxygen atoms in total. The minimum Gasteiger partial charge on any atom is -0.462 e. The summed E-state index contributed by atoms with van der Waals surface area (Å²) in [6, 6.07) is 0. The quantitative estimate of drug-likeness (QED) is 0.0197. The molecule has 0 aromatic heterocycles. The van der Waals surface area contributed by atoms with Crippen molar-refractivity contribution in [3.05, 3.63) is 146 Å². The van der Waals surface area contributed by atoms with Crippen molar-refractivity contribution < 1.29 is 52.2 Å². The topological polar surface area (TPSA) is 155 Å². The molecule has 0 rings (SSSR count). The Labute approximate surface area is 486 Å². The fourth-order valence-corrected chi connectivity index (χ4v) is 8.45. The van der Waals surface area contributed by atoms with Gasteiger partial charge in [0.15, 0.2) is 6.10 Å². The molecule has 2 N–H and O–H groups in total. The van der Waals surface area contributed by atoms with Crippen molar-refractivity contribution in [1.82, 2.24) is 0 Å². The van der Waals surface area contributed by atoms with Crippen LogP contribution in [0.4, 0.5) is 0 Å². The van der Waals surface area contributed by atoms with Crippen LogP contribution >= 0.6 is 7.82 Å². The maximum absolute atomic E-state index is 12.9. The standard InChI is InChI=1S/C68H109O11P/c1-4-7-10-13-16-19-22-25-28-30-32-34-37-39-42-45-48-51-54-57-66(70)75-61-65(79-68(72)59-56-53-50-47-44-41-38-35-33-31-29-26-23-20-17-14-11-8-5-2)63-77-80(73,74)76-62-64(60-69)78-67(71)58-55-52-49-46-43-40-36-27-24-21-18-15-12-9-6-3/h7,9-10,12,16-21,25-29,32-36,43,46,52,55,64-65,69H,4-6,8,11,13-15,22-24,30-31,37-42,44-45,47-51,53-54,56-63H2,1-3H3,(H,73,74)/b10-7-,12-9-,19-16-,20-17-,21-18-,28-25-,29-26-,34-32-,35-33-,36-27-,46-43-,55-52-. The summed E-state index contributed by atoms with van der Waals surface area (Å²) in [4.78, 5) is 48.6. The van der Waals surface area contributed by atoms with Crippen LogP contribution in [0.25, 0.3) is 0 Å². The molecule has 0 bridgehead atoms. The number of unbranched alkanes of at least 4 members (excludes halogenated alkanes) is 15. The predicted molar refractivity (Wildman–Crippen MR) is 334 cm³/mol. The second-order valence-electron chi connectivity index (χ2n) is 19.8. The minimum absolute atomic E-state index is 0.0643. The van der Waals surface area contributed by atoms with Crippen LogP contribution in [0.5, 0.6) is 0 Å². The van der Waals surface area contributed by atoms with Gasteiger partial charge >= 0.3 is 25.7 Å². The van der Waals surface area contributed by atoms with Gasteiger partial charge in [0.05, 0.1) is 26.2 Å². The van der Waals surface area contributed by atoms with E-state index in [2.05, 4.69) is 142 Å². The van der Waals surface area contributed by atoms with Gasteiger partial charge in [-0.05, 0) is 122 Å². The van der Waals surface area contributed by atoms with E-state index in [1.807, 2.05) is 18.2 Å². The third kappa shape index (κ3) is 58.0. The number of aliphatic hydroxyl groups is 1. The summed E-state index contributed by atoms with van der Waals surface area (Å²) in [7, 11) is -4.79. The molecule has 3 atom stereocenters. The summed E-state index contributed by atoms with van der Waals surface area (Å²) in [5.41, 5.74) is 0. The van der Waals surface area contributed by atoms with Gasteiger partial charge in [-0.15, -0.1) is 0 Å². The summed E-state index contributed by atoms with van der Waals surface area (Å²) >= 11 is 0. The largest absolute Gasteiger partial charge is 0.472 e. The first kappa shape index (κ1) is 75.4. The Hall–Kier alpha value is -4.64. The molecule has 452 valence electrons. The summed E-state index contributed by atoms with van der Waals surface area (Å²) < 4.78 is 39.5. The number of hydrogen-bond donors (Lipinski definition) is 2. The fourth-order valence-electron chi connectivity index (χ4n) is 7.66. The van der Waals surface area contributed by atoms with E-state index in [1.165, 1.54) is 25.7 Å². The Morgan fingerprint density at radius 2 is 0.700 bits per heavy atom. The molecule has 3 unspecified atom stereocenters. The van der Waals surface area contributed by atoms with Gasteiger partial charge in [-0.1, -0.05) is 231 Å². The predicted octanol–water partition coefficient (Wildman–Crippen LogP) is 18.7. The Balaban J connectivity index is 4.87. The molecule has 0 aliphatic rings. The third-order valence-electron chi connectivity index (χ3n) is 12.3. The maximum atomic E-state index is 12.9. The molecular formula is C68H109O11P. The van der Waals surface area contributed by atoms with E-state index in [-0.39, 0.29) is 25.9 Å². The number of allylic oxidation sites excluding steroid dienone is 23. The molecule has 12 heteroatoms. The summed E-state index contributed by atoms with van der Waals surface area (Å²) in [6.07, 6.45) is 78.2. The zero-order valence-corrected chi connectivity index (χ0v) is 50.9. The average molecular weight is 1130 g/mol. The Bertz CT molecular complexity index is 1900. The van der Waals surface area contributed by atoms with E-state index in [0.29, 0.717) is 19.3 Å². The SMILES string of the molecule is CC/C=C\C/C=C\C/C=C\C/C=C\C/C=C\CC(=O)OC(CO)COP(=O)(O)OCC(COC(=O)CCCCCCCC/C=C\C/C=C\C/C=C\C/C=C\CC)OC(=O)CCCCCCCC/C=C\C/C=C\C/C=C\CCCCC. The number of esters is 3. The lowest BCUT2D eigenvalue weighted by atomic mass is 10.1. The third-order valence-corrected chi connectivity index (χ3v) is 13.2. The van der Waals surface area contributed by atoms with Gasteiger partial charge in [0.25, 0.3) is 0 Å². The van der Waals surface area contributed by atoms with E-state index < -0.39 is 57.8 Å². The van der Waals surface area contributed by atoms with Gasteiger partial charge in [0.2, 0.25) is 0 Å². The highest BCUT2D eigenvalue weighted by Gasteiger charge is 2.28. The average Bonchev–Trinajstić information content (AvgIpc) is 3.45. The molecular weight excluding hydrogens is 1020 g/mol. The number of phosphoric ester groups is 1. The normalized spacial score (nSPS) is 14.3. The van der Waals surface area contributed by atoms with Crippen LogP contribution in [-0.2, 0) is 42.2 Å². The van der Waals surface area contributed by atoms with Gasteiger partial charge in [0.1, 0.15) is 12.7 Å².